The Bertz CT molecular complexity index is 1320. The van der Waals surface area contributed by atoms with Gasteiger partial charge in [-0.1, -0.05) is 24.3 Å². The van der Waals surface area contributed by atoms with Gasteiger partial charge in [0, 0.05) is 0 Å². The summed E-state index contributed by atoms with van der Waals surface area (Å²) in [4.78, 5) is 5.04. The summed E-state index contributed by atoms with van der Waals surface area (Å²) in [5, 5.41) is 2.80. The highest BCUT2D eigenvalue weighted by atomic mass is 16.5. The van der Waals surface area contributed by atoms with Crippen molar-refractivity contribution in [1.29, 1.82) is 0 Å². The molecule has 0 atom stereocenters. The van der Waals surface area contributed by atoms with Gasteiger partial charge in [-0.05, 0) is 87.7 Å². The van der Waals surface area contributed by atoms with Gasteiger partial charge in [0.15, 0.2) is 0 Å². The topological polar surface area (TPSA) is 44.0 Å². The van der Waals surface area contributed by atoms with Crippen molar-refractivity contribution in [3.8, 4) is 22.6 Å². The monoisotopic (exact) mass is 427 g/mol. The molecule has 0 bridgehead atoms. The Labute approximate surface area is 189 Å². The van der Waals surface area contributed by atoms with Crippen LogP contribution in [0, 0.1) is 20.8 Å². The molecule has 0 unspecified atom stereocenters. The highest BCUT2D eigenvalue weighted by Gasteiger charge is 2.15. The van der Waals surface area contributed by atoms with E-state index in [1.54, 1.807) is 0 Å². The van der Waals surface area contributed by atoms with Gasteiger partial charge in [-0.15, -0.1) is 0 Å². The Morgan fingerprint density at radius 1 is 0.750 bits per heavy atom. The fraction of sp³-hybridized carbons (Fsp3) is 0.250. The van der Waals surface area contributed by atoms with Crippen molar-refractivity contribution in [2.45, 2.75) is 34.6 Å². The van der Waals surface area contributed by atoms with Crippen LogP contribution >= 0.6 is 0 Å². The van der Waals surface area contributed by atoms with Gasteiger partial charge in [0.2, 0.25) is 0 Å². The SMILES string of the molecule is CCOc1ccc(-c2cc(OCC)c3c(C)oc(C)c3c(=Nc3cccc(C)c3)c2)cc1. The molecule has 0 radical (unpaired) electrons. The minimum Gasteiger partial charge on any atom is -0.494 e. The van der Waals surface area contributed by atoms with Crippen LogP contribution in [0.3, 0.4) is 0 Å². The third-order valence-electron chi connectivity index (χ3n) is 5.39. The molecule has 4 heteroatoms. The third-order valence-corrected chi connectivity index (χ3v) is 5.39. The predicted molar refractivity (Wildman–Crippen MR) is 130 cm³/mol. The van der Waals surface area contributed by atoms with Crippen molar-refractivity contribution in [1.82, 2.24) is 0 Å². The van der Waals surface area contributed by atoms with Crippen LogP contribution < -0.4 is 14.8 Å². The fourth-order valence-electron chi connectivity index (χ4n) is 4.03. The molecule has 1 heterocycles. The maximum absolute atomic E-state index is 6.10. The van der Waals surface area contributed by atoms with E-state index in [1.807, 2.05) is 52.0 Å². The molecule has 0 amide bonds. The second-order valence-electron chi connectivity index (χ2n) is 7.80. The quantitative estimate of drug-likeness (QED) is 0.331. The van der Waals surface area contributed by atoms with Crippen LogP contribution in [-0.4, -0.2) is 13.2 Å². The van der Waals surface area contributed by atoms with E-state index in [2.05, 4.69) is 43.3 Å². The van der Waals surface area contributed by atoms with Gasteiger partial charge in [0.05, 0.1) is 35.0 Å². The lowest BCUT2D eigenvalue weighted by Crippen LogP contribution is -2.00. The molecular weight excluding hydrogens is 398 g/mol. The first-order valence-corrected chi connectivity index (χ1v) is 11.1. The van der Waals surface area contributed by atoms with E-state index in [9.17, 15) is 0 Å². The largest absolute Gasteiger partial charge is 0.494 e. The summed E-state index contributed by atoms with van der Waals surface area (Å²) in [6, 6.07) is 20.5. The molecule has 0 saturated heterocycles. The van der Waals surface area contributed by atoms with Crippen molar-refractivity contribution < 1.29 is 13.9 Å². The van der Waals surface area contributed by atoms with Crippen LogP contribution in [0.1, 0.15) is 30.9 Å². The number of fused-ring (bicyclic) bond motifs is 1. The van der Waals surface area contributed by atoms with Crippen molar-refractivity contribution in [3.63, 3.8) is 0 Å². The number of rotatable bonds is 6. The van der Waals surface area contributed by atoms with Crippen LogP contribution in [-0.2, 0) is 0 Å². The van der Waals surface area contributed by atoms with Crippen molar-refractivity contribution in [2.24, 2.45) is 4.99 Å². The molecule has 32 heavy (non-hydrogen) atoms. The molecule has 164 valence electrons. The first kappa shape index (κ1) is 21.7. The smallest absolute Gasteiger partial charge is 0.131 e. The van der Waals surface area contributed by atoms with Crippen LogP contribution in [0.15, 0.2) is 70.1 Å². The lowest BCUT2D eigenvalue weighted by Gasteiger charge is -2.06. The van der Waals surface area contributed by atoms with Gasteiger partial charge in [-0.2, -0.15) is 0 Å². The summed E-state index contributed by atoms with van der Waals surface area (Å²) in [5.41, 5.74) is 4.17. The Morgan fingerprint density at radius 3 is 2.16 bits per heavy atom. The maximum atomic E-state index is 6.10. The molecule has 4 nitrogen and oxygen atoms in total. The highest BCUT2D eigenvalue weighted by Crippen LogP contribution is 2.34. The second-order valence-corrected chi connectivity index (χ2v) is 7.80. The van der Waals surface area contributed by atoms with Gasteiger partial charge >= 0.3 is 0 Å². The lowest BCUT2D eigenvalue weighted by molar-refractivity contribution is 0.340. The first-order valence-electron chi connectivity index (χ1n) is 11.1. The van der Waals surface area contributed by atoms with Gasteiger partial charge < -0.3 is 13.9 Å². The lowest BCUT2D eigenvalue weighted by atomic mass is 10.1. The Morgan fingerprint density at radius 2 is 1.47 bits per heavy atom. The number of aryl methyl sites for hydroxylation is 3. The molecule has 0 spiro atoms. The number of furan rings is 1. The minimum atomic E-state index is 0.565. The van der Waals surface area contributed by atoms with Crippen LogP contribution in [0.4, 0.5) is 5.69 Å². The van der Waals surface area contributed by atoms with Gasteiger partial charge in [0.1, 0.15) is 23.0 Å². The summed E-state index contributed by atoms with van der Waals surface area (Å²) >= 11 is 0. The Hall–Kier alpha value is -3.53. The molecule has 4 aromatic rings. The number of nitrogens with zero attached hydrogens (tertiary/aromatic N) is 1. The fourth-order valence-corrected chi connectivity index (χ4v) is 4.03. The standard InChI is InChI=1S/C28H29NO3/c1-6-30-24-13-11-21(12-14-24)22-16-25(29-23-10-8-9-18(3)15-23)27-19(4)32-20(5)28(27)26(17-22)31-7-2/h8-17H,6-7H2,1-5H3. The van der Waals surface area contributed by atoms with Crippen LogP contribution in [0.5, 0.6) is 11.5 Å². The number of benzene rings is 2. The number of hydrogen-bond donors (Lipinski definition) is 0. The molecule has 0 aliphatic carbocycles. The molecule has 0 aliphatic rings. The molecule has 0 N–H and O–H groups in total. The van der Waals surface area contributed by atoms with Crippen molar-refractivity contribution in [3.05, 3.63) is 83.1 Å². The first-order chi connectivity index (χ1) is 15.5. The molecule has 0 saturated carbocycles. The normalized spacial score (nSPS) is 11.7. The molecule has 1 aromatic heterocycles. The second kappa shape index (κ2) is 9.31. The molecular formula is C28H29NO3. The zero-order valence-electron chi connectivity index (χ0n) is 19.4. The minimum absolute atomic E-state index is 0.565. The van der Waals surface area contributed by atoms with Gasteiger partial charge in [0.25, 0.3) is 0 Å². The molecule has 4 rings (SSSR count). The molecule has 3 aromatic carbocycles. The number of hydrogen-bond acceptors (Lipinski definition) is 4. The van der Waals surface area contributed by atoms with E-state index in [0.29, 0.717) is 13.2 Å². The summed E-state index contributed by atoms with van der Waals surface area (Å²) in [6.07, 6.45) is 0. The van der Waals surface area contributed by atoms with Crippen LogP contribution in [0.25, 0.3) is 21.9 Å². The number of ether oxygens (including phenoxy) is 2. The molecule has 0 aliphatic heterocycles. The average molecular weight is 428 g/mol. The zero-order valence-corrected chi connectivity index (χ0v) is 19.4. The van der Waals surface area contributed by atoms with E-state index < -0.39 is 0 Å². The van der Waals surface area contributed by atoms with Crippen molar-refractivity contribution in [2.75, 3.05) is 13.2 Å². The average Bonchev–Trinajstić information content (AvgIpc) is 2.96. The van der Waals surface area contributed by atoms with Crippen molar-refractivity contribution >= 4 is 16.5 Å². The summed E-state index contributed by atoms with van der Waals surface area (Å²) < 4.78 is 17.7. The van der Waals surface area contributed by atoms with Gasteiger partial charge in [-0.25, -0.2) is 4.99 Å². The molecule has 0 fully saturated rings. The summed E-state index contributed by atoms with van der Waals surface area (Å²) in [6.45, 7) is 11.2. The zero-order chi connectivity index (χ0) is 22.7. The Balaban J connectivity index is 2.05. The third kappa shape index (κ3) is 4.40. The summed E-state index contributed by atoms with van der Waals surface area (Å²) in [7, 11) is 0. The van der Waals surface area contributed by atoms with Crippen LogP contribution in [0.2, 0.25) is 0 Å². The van der Waals surface area contributed by atoms with E-state index in [0.717, 1.165) is 56.0 Å². The highest BCUT2D eigenvalue weighted by molar-refractivity contribution is 5.93. The van der Waals surface area contributed by atoms with E-state index in [-0.39, 0.29) is 0 Å². The Kier molecular flexibility index (Phi) is 6.31. The predicted octanol–water partition coefficient (Wildman–Crippen LogP) is 7.05. The van der Waals surface area contributed by atoms with Gasteiger partial charge in [-0.3, -0.25) is 0 Å². The summed E-state index contributed by atoms with van der Waals surface area (Å²) in [5.74, 6) is 3.32. The van der Waals surface area contributed by atoms with E-state index in [1.165, 1.54) is 5.56 Å². The van der Waals surface area contributed by atoms with E-state index in [4.69, 9.17) is 18.9 Å². The van der Waals surface area contributed by atoms with E-state index >= 15 is 0 Å². The maximum Gasteiger partial charge on any atom is 0.131 e.